The first-order valence-corrected chi connectivity index (χ1v) is 7.70. The van der Waals surface area contributed by atoms with Crippen LogP contribution >= 0.6 is 15.9 Å². The van der Waals surface area contributed by atoms with E-state index in [-0.39, 0.29) is 24.1 Å². The maximum atomic E-state index is 13.1. The maximum Gasteiger partial charge on any atom is 0.339 e. The average Bonchev–Trinajstić information content (AvgIpc) is 2.47. The number of nitrogens with zero attached hydrogens (tertiary/aromatic N) is 1. The van der Waals surface area contributed by atoms with Crippen LogP contribution in [0, 0.1) is 5.82 Å². The standard InChI is InChI=1S/C15H17BrFNO3/c1-10-4-2-3-7-18(10)14(19)9-21-15(20)12-8-11(17)5-6-13(12)16/h5-6,8,10H,2-4,7,9H2,1H3. The number of rotatable bonds is 3. The number of hydrogen-bond donors (Lipinski definition) is 0. The molecular formula is C15H17BrFNO3. The smallest absolute Gasteiger partial charge is 0.339 e. The first-order chi connectivity index (χ1) is 9.99. The largest absolute Gasteiger partial charge is 0.452 e. The van der Waals surface area contributed by atoms with Gasteiger partial charge in [0.25, 0.3) is 5.91 Å². The number of carbonyl (C=O) groups is 2. The Kier molecular flexibility index (Phi) is 5.33. The number of esters is 1. The fourth-order valence-electron chi connectivity index (χ4n) is 2.41. The van der Waals surface area contributed by atoms with Crippen LogP contribution in [0.3, 0.4) is 0 Å². The Labute approximate surface area is 131 Å². The van der Waals surface area contributed by atoms with Crippen molar-refractivity contribution < 1.29 is 18.7 Å². The molecule has 0 aliphatic carbocycles. The van der Waals surface area contributed by atoms with E-state index in [1.54, 1.807) is 4.90 Å². The Balaban J connectivity index is 1.94. The SMILES string of the molecule is CC1CCCCN1C(=O)COC(=O)c1cc(F)ccc1Br. The molecule has 0 radical (unpaired) electrons. The van der Waals surface area contributed by atoms with Crippen LogP contribution in [-0.4, -0.2) is 36.0 Å². The molecule has 0 aromatic heterocycles. The second kappa shape index (κ2) is 7.02. The van der Waals surface area contributed by atoms with Gasteiger partial charge in [-0.1, -0.05) is 0 Å². The highest BCUT2D eigenvalue weighted by Crippen LogP contribution is 2.19. The molecule has 1 amide bonds. The van der Waals surface area contributed by atoms with Crippen LogP contribution in [0.1, 0.15) is 36.5 Å². The van der Waals surface area contributed by atoms with Gasteiger partial charge in [0, 0.05) is 17.1 Å². The first kappa shape index (κ1) is 15.9. The zero-order chi connectivity index (χ0) is 15.4. The Morgan fingerprint density at radius 2 is 2.19 bits per heavy atom. The highest BCUT2D eigenvalue weighted by atomic mass is 79.9. The topological polar surface area (TPSA) is 46.6 Å². The van der Waals surface area contributed by atoms with Gasteiger partial charge in [-0.05, 0) is 60.3 Å². The summed E-state index contributed by atoms with van der Waals surface area (Å²) in [5, 5.41) is 0. The van der Waals surface area contributed by atoms with Crippen molar-refractivity contribution in [3.8, 4) is 0 Å². The second-order valence-corrected chi connectivity index (χ2v) is 5.99. The molecule has 114 valence electrons. The molecule has 0 spiro atoms. The van der Waals surface area contributed by atoms with E-state index in [4.69, 9.17) is 4.74 Å². The van der Waals surface area contributed by atoms with Crippen LogP contribution < -0.4 is 0 Å². The van der Waals surface area contributed by atoms with E-state index in [0.29, 0.717) is 11.0 Å². The van der Waals surface area contributed by atoms with Crippen LogP contribution in [0.5, 0.6) is 0 Å². The van der Waals surface area contributed by atoms with Crippen molar-refractivity contribution in [3.05, 3.63) is 34.1 Å². The van der Waals surface area contributed by atoms with Gasteiger partial charge >= 0.3 is 5.97 Å². The van der Waals surface area contributed by atoms with E-state index >= 15 is 0 Å². The number of hydrogen-bond acceptors (Lipinski definition) is 3. The van der Waals surface area contributed by atoms with Crippen LogP contribution in [0.15, 0.2) is 22.7 Å². The van der Waals surface area contributed by atoms with Crippen LogP contribution in [0.4, 0.5) is 4.39 Å². The molecule has 6 heteroatoms. The molecule has 1 unspecified atom stereocenters. The summed E-state index contributed by atoms with van der Waals surface area (Å²) in [6.45, 7) is 2.37. The van der Waals surface area contributed by atoms with Gasteiger partial charge in [-0.25, -0.2) is 9.18 Å². The number of ether oxygens (including phenoxy) is 1. The van der Waals surface area contributed by atoms with E-state index in [1.807, 2.05) is 6.92 Å². The minimum atomic E-state index is -0.709. The van der Waals surface area contributed by atoms with E-state index in [1.165, 1.54) is 12.1 Å². The summed E-state index contributed by atoms with van der Waals surface area (Å²) in [5.74, 6) is -1.44. The highest BCUT2D eigenvalue weighted by molar-refractivity contribution is 9.10. The molecule has 4 nitrogen and oxygen atoms in total. The predicted molar refractivity (Wildman–Crippen MR) is 79.4 cm³/mol. The molecule has 1 saturated heterocycles. The average molecular weight is 358 g/mol. The number of halogens is 2. The van der Waals surface area contributed by atoms with Gasteiger partial charge in [0.05, 0.1) is 5.56 Å². The third-order valence-electron chi connectivity index (χ3n) is 3.60. The maximum absolute atomic E-state index is 13.1. The summed E-state index contributed by atoms with van der Waals surface area (Å²) >= 11 is 3.16. The van der Waals surface area contributed by atoms with E-state index in [0.717, 1.165) is 25.3 Å². The fourth-order valence-corrected chi connectivity index (χ4v) is 2.82. The third-order valence-corrected chi connectivity index (χ3v) is 4.29. The molecule has 1 heterocycles. The minimum absolute atomic E-state index is 0.0782. The molecule has 1 atom stereocenters. The number of likely N-dealkylation sites (tertiary alicyclic amines) is 1. The predicted octanol–water partition coefficient (Wildman–Crippen LogP) is 3.15. The van der Waals surface area contributed by atoms with E-state index < -0.39 is 11.8 Å². The molecule has 1 aromatic carbocycles. The molecule has 1 aliphatic heterocycles. The lowest BCUT2D eigenvalue weighted by Crippen LogP contribution is -2.44. The molecule has 0 saturated carbocycles. The van der Waals surface area contributed by atoms with Crippen molar-refractivity contribution in [2.24, 2.45) is 0 Å². The van der Waals surface area contributed by atoms with Gasteiger partial charge in [-0.3, -0.25) is 4.79 Å². The first-order valence-electron chi connectivity index (χ1n) is 6.90. The van der Waals surface area contributed by atoms with Gasteiger partial charge in [-0.2, -0.15) is 0 Å². The molecule has 0 N–H and O–H groups in total. The van der Waals surface area contributed by atoms with E-state index in [9.17, 15) is 14.0 Å². The Hall–Kier alpha value is -1.43. The molecule has 0 bridgehead atoms. The van der Waals surface area contributed by atoms with Crippen LogP contribution in [-0.2, 0) is 9.53 Å². The zero-order valence-electron chi connectivity index (χ0n) is 11.8. The quantitative estimate of drug-likeness (QED) is 0.780. The Morgan fingerprint density at radius 1 is 1.43 bits per heavy atom. The summed E-state index contributed by atoms with van der Waals surface area (Å²) in [6, 6.07) is 3.92. The van der Waals surface area contributed by atoms with Gasteiger partial charge in [0.2, 0.25) is 0 Å². The Bertz CT molecular complexity index is 550. The Morgan fingerprint density at radius 3 is 2.90 bits per heavy atom. The van der Waals surface area contributed by atoms with Gasteiger partial charge in [0.1, 0.15) is 5.82 Å². The lowest BCUT2D eigenvalue weighted by molar-refractivity contribution is -0.137. The van der Waals surface area contributed by atoms with Gasteiger partial charge in [-0.15, -0.1) is 0 Å². The minimum Gasteiger partial charge on any atom is -0.452 e. The van der Waals surface area contributed by atoms with Crippen LogP contribution in [0.25, 0.3) is 0 Å². The van der Waals surface area contributed by atoms with Crippen LogP contribution in [0.2, 0.25) is 0 Å². The normalized spacial score (nSPS) is 18.4. The molecule has 1 fully saturated rings. The number of carbonyl (C=O) groups excluding carboxylic acids is 2. The lowest BCUT2D eigenvalue weighted by Gasteiger charge is -2.33. The lowest BCUT2D eigenvalue weighted by atomic mass is 10.0. The summed E-state index contributed by atoms with van der Waals surface area (Å²) in [7, 11) is 0. The summed E-state index contributed by atoms with van der Waals surface area (Å²) in [6.07, 6.45) is 3.05. The third kappa shape index (κ3) is 4.03. The van der Waals surface area contributed by atoms with Crippen molar-refractivity contribution >= 4 is 27.8 Å². The van der Waals surface area contributed by atoms with Gasteiger partial charge < -0.3 is 9.64 Å². The molecule has 2 rings (SSSR count). The van der Waals surface area contributed by atoms with Crippen molar-refractivity contribution in [2.45, 2.75) is 32.2 Å². The number of benzene rings is 1. The summed E-state index contributed by atoms with van der Waals surface area (Å²) < 4.78 is 18.6. The monoisotopic (exact) mass is 357 g/mol. The van der Waals surface area contributed by atoms with Crippen molar-refractivity contribution in [2.75, 3.05) is 13.2 Å². The second-order valence-electron chi connectivity index (χ2n) is 5.13. The fraction of sp³-hybridized carbons (Fsp3) is 0.467. The molecule has 1 aromatic rings. The number of piperidine rings is 1. The molecule has 21 heavy (non-hydrogen) atoms. The zero-order valence-corrected chi connectivity index (χ0v) is 13.4. The van der Waals surface area contributed by atoms with Crippen molar-refractivity contribution in [1.82, 2.24) is 4.90 Å². The highest BCUT2D eigenvalue weighted by Gasteiger charge is 2.24. The van der Waals surface area contributed by atoms with E-state index in [2.05, 4.69) is 15.9 Å². The number of amides is 1. The van der Waals surface area contributed by atoms with Crippen molar-refractivity contribution in [1.29, 1.82) is 0 Å². The molecular weight excluding hydrogens is 341 g/mol. The van der Waals surface area contributed by atoms with Gasteiger partial charge in [0.15, 0.2) is 6.61 Å². The summed E-state index contributed by atoms with van der Waals surface area (Å²) in [5.41, 5.74) is 0.0782. The molecule has 1 aliphatic rings. The van der Waals surface area contributed by atoms with Crippen molar-refractivity contribution in [3.63, 3.8) is 0 Å². The summed E-state index contributed by atoms with van der Waals surface area (Å²) in [4.78, 5) is 25.7.